The van der Waals surface area contributed by atoms with Crippen LogP contribution in [0.4, 0.5) is 5.82 Å². The highest BCUT2D eigenvalue weighted by atomic mass is 16.4. The van der Waals surface area contributed by atoms with E-state index in [1.165, 1.54) is 0 Å². The van der Waals surface area contributed by atoms with Gasteiger partial charge in [-0.1, -0.05) is 18.2 Å². The number of benzene rings is 1. The quantitative estimate of drug-likeness (QED) is 0.742. The van der Waals surface area contributed by atoms with Crippen molar-refractivity contribution in [3.63, 3.8) is 0 Å². The molecule has 0 fully saturated rings. The Kier molecular flexibility index (Phi) is 2.56. The number of carbonyl (C=O) groups is 1. The molecule has 4 nitrogen and oxygen atoms in total. The first-order valence-corrected chi connectivity index (χ1v) is 5.20. The predicted molar refractivity (Wildman–Crippen MR) is 64.0 cm³/mol. The van der Waals surface area contributed by atoms with Gasteiger partial charge in [0.25, 0.3) is 0 Å². The van der Waals surface area contributed by atoms with Crippen LogP contribution in [-0.2, 0) is 0 Å². The molecule has 2 aromatic rings. The molecule has 16 heavy (non-hydrogen) atoms. The van der Waals surface area contributed by atoms with E-state index in [0.717, 1.165) is 10.9 Å². The molecule has 2 rings (SSSR count). The largest absolute Gasteiger partial charge is 0.478 e. The third-order valence-corrected chi connectivity index (χ3v) is 2.35. The zero-order valence-electron chi connectivity index (χ0n) is 9.24. The van der Waals surface area contributed by atoms with Crippen molar-refractivity contribution in [1.29, 1.82) is 0 Å². The zero-order valence-corrected chi connectivity index (χ0v) is 9.24. The van der Waals surface area contributed by atoms with Gasteiger partial charge in [0, 0.05) is 16.9 Å². The summed E-state index contributed by atoms with van der Waals surface area (Å²) >= 11 is 0. The molecule has 0 radical (unpaired) electrons. The van der Waals surface area contributed by atoms with Crippen LogP contribution in [0.15, 0.2) is 24.3 Å². The van der Waals surface area contributed by atoms with Crippen LogP contribution in [-0.4, -0.2) is 22.1 Å². The molecule has 0 aliphatic heterocycles. The fraction of sp³-hybridized carbons (Fsp3) is 0.250. The van der Waals surface area contributed by atoms with E-state index in [4.69, 9.17) is 0 Å². The number of rotatable bonds is 3. The molecule has 1 heterocycles. The third kappa shape index (κ3) is 1.74. The Bertz CT molecular complexity index is 529. The standard InChI is InChI=1S/C12H14N2O2/c1-7(2)13-11-10(12(15)16)8-5-3-4-6-9(8)14-11/h3-7,13-14H,1-2H3,(H,15,16). The normalized spacial score (nSPS) is 10.9. The van der Waals surface area contributed by atoms with Crippen LogP contribution in [0.1, 0.15) is 24.2 Å². The van der Waals surface area contributed by atoms with E-state index in [1.54, 1.807) is 6.07 Å². The molecule has 0 atom stereocenters. The topological polar surface area (TPSA) is 65.1 Å². The van der Waals surface area contributed by atoms with Crippen LogP contribution < -0.4 is 5.32 Å². The molecule has 0 bridgehead atoms. The predicted octanol–water partition coefficient (Wildman–Crippen LogP) is 2.69. The number of anilines is 1. The summed E-state index contributed by atoms with van der Waals surface area (Å²) in [4.78, 5) is 14.3. The van der Waals surface area contributed by atoms with E-state index in [2.05, 4.69) is 10.3 Å². The first kappa shape index (κ1) is 10.5. The summed E-state index contributed by atoms with van der Waals surface area (Å²) < 4.78 is 0. The summed E-state index contributed by atoms with van der Waals surface area (Å²) in [6.45, 7) is 3.94. The Morgan fingerprint density at radius 1 is 1.38 bits per heavy atom. The molecule has 1 aromatic heterocycles. The number of aromatic amines is 1. The SMILES string of the molecule is CC(C)Nc1[nH]c2ccccc2c1C(=O)O. The minimum absolute atomic E-state index is 0.186. The van der Waals surface area contributed by atoms with Gasteiger partial charge in [0.2, 0.25) is 0 Å². The second-order valence-electron chi connectivity index (χ2n) is 4.02. The van der Waals surface area contributed by atoms with Crippen molar-refractivity contribution in [3.8, 4) is 0 Å². The molecule has 0 saturated heterocycles. The lowest BCUT2D eigenvalue weighted by Gasteiger charge is -2.08. The average molecular weight is 218 g/mol. The molecule has 0 spiro atoms. The van der Waals surface area contributed by atoms with Crippen LogP contribution >= 0.6 is 0 Å². The van der Waals surface area contributed by atoms with Gasteiger partial charge in [-0.3, -0.25) is 0 Å². The molecule has 0 amide bonds. The minimum Gasteiger partial charge on any atom is -0.478 e. The lowest BCUT2D eigenvalue weighted by atomic mass is 10.1. The number of aromatic nitrogens is 1. The second-order valence-corrected chi connectivity index (χ2v) is 4.02. The van der Waals surface area contributed by atoms with Gasteiger partial charge in [-0.05, 0) is 19.9 Å². The molecule has 3 N–H and O–H groups in total. The summed E-state index contributed by atoms with van der Waals surface area (Å²) in [5, 5.41) is 13.0. The molecular weight excluding hydrogens is 204 g/mol. The summed E-state index contributed by atoms with van der Waals surface area (Å²) in [7, 11) is 0. The van der Waals surface area contributed by atoms with Gasteiger partial charge >= 0.3 is 5.97 Å². The Morgan fingerprint density at radius 2 is 2.06 bits per heavy atom. The number of carboxylic acids is 1. The maximum Gasteiger partial charge on any atom is 0.340 e. The third-order valence-electron chi connectivity index (χ3n) is 2.35. The van der Waals surface area contributed by atoms with Gasteiger partial charge in [-0.15, -0.1) is 0 Å². The maximum absolute atomic E-state index is 11.2. The van der Waals surface area contributed by atoms with Crippen LogP contribution in [0.3, 0.4) is 0 Å². The Hall–Kier alpha value is -1.97. The van der Waals surface area contributed by atoms with Gasteiger partial charge in [-0.25, -0.2) is 4.79 Å². The molecule has 0 saturated carbocycles. The number of carboxylic acid groups (broad SMARTS) is 1. The van der Waals surface area contributed by atoms with Crippen molar-refractivity contribution in [3.05, 3.63) is 29.8 Å². The lowest BCUT2D eigenvalue weighted by Crippen LogP contribution is -2.12. The molecule has 1 aromatic carbocycles. The highest BCUT2D eigenvalue weighted by Gasteiger charge is 2.17. The van der Waals surface area contributed by atoms with Gasteiger partial charge in [0.1, 0.15) is 11.4 Å². The van der Waals surface area contributed by atoms with Crippen molar-refractivity contribution >= 4 is 22.7 Å². The maximum atomic E-state index is 11.2. The summed E-state index contributed by atoms with van der Waals surface area (Å²) in [6, 6.07) is 7.57. The first-order chi connectivity index (χ1) is 7.59. The van der Waals surface area contributed by atoms with E-state index in [9.17, 15) is 9.90 Å². The van der Waals surface area contributed by atoms with Crippen molar-refractivity contribution in [2.24, 2.45) is 0 Å². The van der Waals surface area contributed by atoms with Crippen LogP contribution in [0.5, 0.6) is 0 Å². The van der Waals surface area contributed by atoms with Gasteiger partial charge in [0.05, 0.1) is 0 Å². The Balaban J connectivity index is 2.63. The van der Waals surface area contributed by atoms with Crippen molar-refractivity contribution < 1.29 is 9.90 Å². The Labute approximate surface area is 93.3 Å². The lowest BCUT2D eigenvalue weighted by molar-refractivity contribution is 0.0700. The summed E-state index contributed by atoms with van der Waals surface area (Å²) in [5.41, 5.74) is 1.15. The van der Waals surface area contributed by atoms with Gasteiger partial charge in [0.15, 0.2) is 0 Å². The van der Waals surface area contributed by atoms with E-state index in [0.29, 0.717) is 11.4 Å². The van der Waals surface area contributed by atoms with E-state index in [-0.39, 0.29) is 6.04 Å². The molecule has 0 aliphatic rings. The van der Waals surface area contributed by atoms with E-state index < -0.39 is 5.97 Å². The van der Waals surface area contributed by atoms with Crippen LogP contribution in [0.2, 0.25) is 0 Å². The monoisotopic (exact) mass is 218 g/mol. The molecular formula is C12H14N2O2. The first-order valence-electron chi connectivity index (χ1n) is 5.20. The molecule has 0 unspecified atom stereocenters. The van der Waals surface area contributed by atoms with Crippen molar-refractivity contribution in [2.45, 2.75) is 19.9 Å². The zero-order chi connectivity index (χ0) is 11.7. The van der Waals surface area contributed by atoms with Gasteiger partial charge < -0.3 is 15.4 Å². The fourth-order valence-electron chi connectivity index (χ4n) is 1.76. The van der Waals surface area contributed by atoms with Crippen LogP contribution in [0.25, 0.3) is 10.9 Å². The number of para-hydroxylation sites is 1. The average Bonchev–Trinajstić information content (AvgIpc) is 2.53. The number of nitrogens with one attached hydrogen (secondary N) is 2. The van der Waals surface area contributed by atoms with Crippen molar-refractivity contribution in [2.75, 3.05) is 5.32 Å². The summed E-state index contributed by atoms with van der Waals surface area (Å²) in [5.74, 6) is -0.343. The smallest absolute Gasteiger partial charge is 0.340 e. The highest BCUT2D eigenvalue weighted by molar-refractivity contribution is 6.08. The second kappa shape index (κ2) is 3.89. The number of hydrogen-bond donors (Lipinski definition) is 3. The fourth-order valence-corrected chi connectivity index (χ4v) is 1.76. The number of H-pyrrole nitrogens is 1. The minimum atomic E-state index is -0.916. The molecule has 0 aliphatic carbocycles. The van der Waals surface area contributed by atoms with Crippen LogP contribution in [0, 0.1) is 0 Å². The van der Waals surface area contributed by atoms with E-state index >= 15 is 0 Å². The number of fused-ring (bicyclic) bond motifs is 1. The Morgan fingerprint density at radius 3 is 2.69 bits per heavy atom. The number of hydrogen-bond acceptors (Lipinski definition) is 2. The van der Waals surface area contributed by atoms with Gasteiger partial charge in [-0.2, -0.15) is 0 Å². The summed E-state index contributed by atoms with van der Waals surface area (Å²) in [6.07, 6.45) is 0. The highest BCUT2D eigenvalue weighted by Crippen LogP contribution is 2.26. The number of aromatic carboxylic acids is 1. The molecule has 4 heteroatoms. The van der Waals surface area contributed by atoms with E-state index in [1.807, 2.05) is 32.0 Å². The molecule has 84 valence electrons. The van der Waals surface area contributed by atoms with Crippen molar-refractivity contribution in [1.82, 2.24) is 4.98 Å².